The van der Waals surface area contributed by atoms with Crippen molar-refractivity contribution in [1.29, 1.82) is 0 Å². The van der Waals surface area contributed by atoms with Crippen LogP contribution >= 0.6 is 0 Å². The predicted molar refractivity (Wildman–Crippen MR) is 96.1 cm³/mol. The number of aliphatic hydroxyl groups excluding tert-OH is 1. The van der Waals surface area contributed by atoms with Crippen molar-refractivity contribution < 1.29 is 14.7 Å². The maximum Gasteiger partial charge on any atom is 0.254 e. The van der Waals surface area contributed by atoms with Crippen molar-refractivity contribution in [3.05, 3.63) is 35.9 Å². The Morgan fingerprint density at radius 2 is 1.84 bits per heavy atom. The molecule has 1 aromatic carbocycles. The molecule has 1 aromatic rings. The summed E-state index contributed by atoms with van der Waals surface area (Å²) in [6.07, 6.45) is 4.12. The molecule has 5 heteroatoms. The summed E-state index contributed by atoms with van der Waals surface area (Å²) >= 11 is 0. The number of carbonyl (C=O) groups is 2. The third-order valence-electron chi connectivity index (χ3n) is 5.52. The summed E-state index contributed by atoms with van der Waals surface area (Å²) in [6, 6.07) is 8.84. The maximum absolute atomic E-state index is 13.1. The molecule has 0 aliphatic carbocycles. The van der Waals surface area contributed by atoms with Crippen LogP contribution in [-0.2, 0) is 4.79 Å². The highest BCUT2D eigenvalue weighted by Crippen LogP contribution is 2.25. The van der Waals surface area contributed by atoms with Gasteiger partial charge in [-0.2, -0.15) is 0 Å². The number of carbonyl (C=O) groups excluding carboxylic acids is 2. The average molecular weight is 344 g/mol. The van der Waals surface area contributed by atoms with E-state index in [0.29, 0.717) is 18.7 Å². The second kappa shape index (κ2) is 8.00. The second-order valence-electron chi connectivity index (χ2n) is 7.30. The average Bonchev–Trinajstić information content (AvgIpc) is 2.67. The molecule has 2 amide bonds. The first-order valence-corrected chi connectivity index (χ1v) is 9.41. The monoisotopic (exact) mass is 344 g/mol. The van der Waals surface area contributed by atoms with Crippen LogP contribution in [0.1, 0.15) is 49.4 Å². The quantitative estimate of drug-likeness (QED) is 0.915. The van der Waals surface area contributed by atoms with Gasteiger partial charge in [-0.05, 0) is 51.2 Å². The molecule has 2 heterocycles. The van der Waals surface area contributed by atoms with Crippen LogP contribution < -0.4 is 0 Å². The molecule has 2 aliphatic heterocycles. The molecule has 2 aliphatic rings. The van der Waals surface area contributed by atoms with Gasteiger partial charge in [-0.1, -0.05) is 18.2 Å². The Balaban J connectivity index is 1.74. The SMILES string of the molecule is CC(O)C1CCCN(C(=O)C2CCCCN2C(=O)c2ccccc2)C1. The summed E-state index contributed by atoms with van der Waals surface area (Å²) in [6.45, 7) is 3.76. The number of aliphatic hydroxyl groups is 1. The number of hydrogen-bond donors (Lipinski definition) is 1. The zero-order valence-electron chi connectivity index (χ0n) is 14.9. The Kier molecular flexibility index (Phi) is 5.74. The predicted octanol–water partition coefficient (Wildman–Crippen LogP) is 2.30. The second-order valence-corrected chi connectivity index (χ2v) is 7.30. The van der Waals surface area contributed by atoms with E-state index in [4.69, 9.17) is 0 Å². The number of rotatable bonds is 3. The molecule has 0 saturated carbocycles. The first-order chi connectivity index (χ1) is 12.1. The molecule has 3 atom stereocenters. The van der Waals surface area contributed by atoms with Crippen LogP contribution in [0.25, 0.3) is 0 Å². The molecule has 2 fully saturated rings. The lowest BCUT2D eigenvalue weighted by molar-refractivity contribution is -0.139. The van der Waals surface area contributed by atoms with Gasteiger partial charge < -0.3 is 14.9 Å². The molecule has 3 unspecified atom stereocenters. The Morgan fingerprint density at radius 3 is 2.56 bits per heavy atom. The summed E-state index contributed by atoms with van der Waals surface area (Å²) in [7, 11) is 0. The number of benzene rings is 1. The van der Waals surface area contributed by atoms with Crippen LogP contribution in [-0.4, -0.2) is 58.5 Å². The van der Waals surface area contributed by atoms with Crippen molar-refractivity contribution in [1.82, 2.24) is 9.80 Å². The van der Waals surface area contributed by atoms with Gasteiger partial charge in [-0.25, -0.2) is 0 Å². The van der Waals surface area contributed by atoms with Crippen LogP contribution in [0.5, 0.6) is 0 Å². The molecule has 0 radical (unpaired) electrons. The Morgan fingerprint density at radius 1 is 1.08 bits per heavy atom. The van der Waals surface area contributed by atoms with Crippen molar-refractivity contribution >= 4 is 11.8 Å². The summed E-state index contributed by atoms with van der Waals surface area (Å²) in [5.41, 5.74) is 0.641. The number of likely N-dealkylation sites (tertiary alicyclic amines) is 2. The highest BCUT2D eigenvalue weighted by atomic mass is 16.3. The topological polar surface area (TPSA) is 60.9 Å². The van der Waals surface area contributed by atoms with Crippen LogP contribution in [0.2, 0.25) is 0 Å². The molecule has 3 rings (SSSR count). The largest absolute Gasteiger partial charge is 0.393 e. The number of nitrogens with zero attached hydrogens (tertiary/aromatic N) is 2. The van der Waals surface area contributed by atoms with Crippen molar-refractivity contribution in [3.63, 3.8) is 0 Å². The number of hydrogen-bond acceptors (Lipinski definition) is 3. The first-order valence-electron chi connectivity index (χ1n) is 9.41. The summed E-state index contributed by atoms with van der Waals surface area (Å²) in [5.74, 6) is 0.136. The Labute approximate surface area is 149 Å². The van der Waals surface area contributed by atoms with E-state index in [0.717, 1.165) is 38.6 Å². The molecule has 2 saturated heterocycles. The smallest absolute Gasteiger partial charge is 0.254 e. The molecule has 1 N–H and O–H groups in total. The van der Waals surface area contributed by atoms with E-state index >= 15 is 0 Å². The van der Waals surface area contributed by atoms with Gasteiger partial charge in [0.1, 0.15) is 6.04 Å². The van der Waals surface area contributed by atoms with Crippen LogP contribution in [0.3, 0.4) is 0 Å². The van der Waals surface area contributed by atoms with Crippen molar-refractivity contribution in [2.24, 2.45) is 5.92 Å². The maximum atomic E-state index is 13.1. The van der Waals surface area contributed by atoms with Gasteiger partial charge in [0, 0.05) is 31.1 Å². The zero-order chi connectivity index (χ0) is 17.8. The van der Waals surface area contributed by atoms with E-state index in [1.165, 1.54) is 0 Å². The summed E-state index contributed by atoms with van der Waals surface area (Å²) in [5, 5.41) is 9.87. The van der Waals surface area contributed by atoms with Crippen LogP contribution in [0.15, 0.2) is 30.3 Å². The van der Waals surface area contributed by atoms with Gasteiger partial charge in [0.25, 0.3) is 5.91 Å². The van der Waals surface area contributed by atoms with Crippen molar-refractivity contribution in [3.8, 4) is 0 Å². The van der Waals surface area contributed by atoms with Gasteiger partial charge in [-0.15, -0.1) is 0 Å². The van der Waals surface area contributed by atoms with E-state index < -0.39 is 6.10 Å². The molecule has 0 bridgehead atoms. The van der Waals surface area contributed by atoms with Gasteiger partial charge >= 0.3 is 0 Å². The molecule has 5 nitrogen and oxygen atoms in total. The summed E-state index contributed by atoms with van der Waals surface area (Å²) in [4.78, 5) is 29.6. The normalized spacial score (nSPS) is 25.5. The highest BCUT2D eigenvalue weighted by Gasteiger charge is 2.37. The van der Waals surface area contributed by atoms with E-state index in [-0.39, 0.29) is 23.8 Å². The molecule has 0 spiro atoms. The van der Waals surface area contributed by atoms with Crippen LogP contribution in [0, 0.1) is 5.92 Å². The molecule has 0 aromatic heterocycles. The molecular formula is C20H28N2O3. The van der Waals surface area contributed by atoms with Gasteiger partial charge in [-0.3, -0.25) is 9.59 Å². The fourth-order valence-electron chi connectivity index (χ4n) is 3.99. The van der Waals surface area contributed by atoms with Crippen molar-refractivity contribution in [2.75, 3.05) is 19.6 Å². The Hall–Kier alpha value is -1.88. The minimum Gasteiger partial charge on any atom is -0.393 e. The lowest BCUT2D eigenvalue weighted by Crippen LogP contribution is -2.55. The third kappa shape index (κ3) is 4.03. The third-order valence-corrected chi connectivity index (χ3v) is 5.52. The van der Waals surface area contributed by atoms with Crippen molar-refractivity contribution in [2.45, 2.75) is 51.2 Å². The standard InChI is InChI=1S/C20H28N2O3/c1-15(23)17-10-7-12-21(14-17)20(25)18-11-5-6-13-22(18)19(24)16-8-3-2-4-9-16/h2-4,8-9,15,17-18,23H,5-7,10-14H2,1H3. The first kappa shape index (κ1) is 17.9. The van der Waals surface area contributed by atoms with E-state index in [9.17, 15) is 14.7 Å². The lowest BCUT2D eigenvalue weighted by atomic mass is 9.92. The molecule has 25 heavy (non-hydrogen) atoms. The lowest BCUT2D eigenvalue weighted by Gasteiger charge is -2.41. The van der Waals surface area contributed by atoms with Gasteiger partial charge in [0.2, 0.25) is 5.91 Å². The van der Waals surface area contributed by atoms with Gasteiger partial charge in [0.15, 0.2) is 0 Å². The fraction of sp³-hybridized carbons (Fsp3) is 0.600. The van der Waals surface area contributed by atoms with E-state index in [1.807, 2.05) is 35.2 Å². The van der Waals surface area contributed by atoms with Gasteiger partial charge in [0.05, 0.1) is 6.10 Å². The van der Waals surface area contributed by atoms with E-state index in [1.54, 1.807) is 11.8 Å². The molecular weight excluding hydrogens is 316 g/mol. The number of piperidine rings is 2. The Bertz CT molecular complexity index is 602. The minimum atomic E-state index is -0.399. The minimum absolute atomic E-state index is 0.0503. The number of amides is 2. The molecule has 136 valence electrons. The zero-order valence-corrected chi connectivity index (χ0v) is 14.9. The van der Waals surface area contributed by atoms with Crippen LogP contribution in [0.4, 0.5) is 0 Å². The summed E-state index contributed by atoms with van der Waals surface area (Å²) < 4.78 is 0. The van der Waals surface area contributed by atoms with E-state index in [2.05, 4.69) is 0 Å². The highest BCUT2D eigenvalue weighted by molar-refractivity contribution is 5.97. The fourth-order valence-corrected chi connectivity index (χ4v) is 3.99.